The molecule has 0 amide bonds. The van der Waals surface area contributed by atoms with E-state index < -0.39 is 0 Å². The predicted molar refractivity (Wildman–Crippen MR) is 9.09 cm³/mol. The van der Waals surface area contributed by atoms with Gasteiger partial charge in [0.25, 0.3) is 0 Å². The van der Waals surface area contributed by atoms with Gasteiger partial charge in [0, 0.05) is 59.4 Å². The Morgan fingerprint density at radius 1 is 1.25 bits per heavy atom. The molecule has 4 heavy (non-hydrogen) atoms. The molecule has 16 valence electrons. The molecule has 0 aromatic heterocycles. The third kappa shape index (κ3) is 9.00. The average Bonchev–Trinajstić information content (AvgIpc) is 0. The zero-order chi connectivity index (χ0) is 0. The average molecular weight is 257 g/mol. The van der Waals surface area contributed by atoms with Crippen LogP contribution in [-0.2, 0) is 19.5 Å². The van der Waals surface area contributed by atoms with Crippen molar-refractivity contribution in [3.05, 3.63) is 0 Å². The first-order valence-electron chi connectivity index (χ1n) is 0. The Bertz CT molecular complexity index is 14.9. The Kier molecular flexibility index (Phi) is 108. The van der Waals surface area contributed by atoms with Gasteiger partial charge < -0.3 is 4.28 Å². The van der Waals surface area contributed by atoms with Crippen LogP contribution < -0.4 is 18.9 Å². The monoisotopic (exact) mass is 256 g/mol. The molecule has 0 aliphatic carbocycles. The van der Waals surface area contributed by atoms with Crippen LogP contribution in [0.2, 0.25) is 0 Å². The standard InChI is InChI=1S/Gd.Li.Mg.Zn.3H/q;+1;+2;;3*-1. The molecule has 0 fully saturated rings. The second-order valence-corrected chi connectivity index (χ2v) is 0. The first-order chi connectivity index (χ1) is 0. The van der Waals surface area contributed by atoms with E-state index in [-0.39, 0.29) is 106 Å². The van der Waals surface area contributed by atoms with Gasteiger partial charge >= 0.3 is 41.9 Å². The fraction of sp³-hybridized carbons (Fsp3) is 0. The minimum Gasteiger partial charge on any atom is -1.00 e. The van der Waals surface area contributed by atoms with Crippen LogP contribution >= 0.6 is 0 Å². The normalized spacial score (nSPS) is 0. The molecule has 0 unspecified atom stereocenters. The van der Waals surface area contributed by atoms with Crippen molar-refractivity contribution < 1.29 is 82.6 Å². The minimum absolute atomic E-state index is 0. The fourth-order valence-electron chi connectivity index (χ4n) is 0. The van der Waals surface area contributed by atoms with Crippen molar-refractivity contribution in [2.24, 2.45) is 0 Å². The van der Waals surface area contributed by atoms with E-state index in [1.54, 1.807) is 0 Å². The Morgan fingerprint density at radius 3 is 1.25 bits per heavy atom. The van der Waals surface area contributed by atoms with Crippen LogP contribution in [0.1, 0.15) is 4.28 Å². The van der Waals surface area contributed by atoms with Crippen LogP contribution in [0.25, 0.3) is 0 Å². The van der Waals surface area contributed by atoms with Gasteiger partial charge in [0.1, 0.15) is 0 Å². The molecule has 4 heteroatoms. The SMILES string of the molecule is [Gd].[H-].[H-].[H-].[Li+].[Mg+2].[Zn]. The third-order valence-electron chi connectivity index (χ3n) is 0. The largest absolute Gasteiger partial charge is 2.00 e. The fourth-order valence-corrected chi connectivity index (χ4v) is 0. The van der Waals surface area contributed by atoms with Crippen LogP contribution in [0.3, 0.4) is 0 Å². The quantitative estimate of drug-likeness (QED) is 0.405. The maximum absolute atomic E-state index is 0. The smallest absolute Gasteiger partial charge is 1.00 e. The molecule has 0 rings (SSSR count). The van der Waals surface area contributed by atoms with E-state index in [0.717, 1.165) is 0 Å². The first kappa shape index (κ1) is 26.6. The molecule has 0 aromatic rings. The molecule has 0 radical (unpaired) electrons. The summed E-state index contributed by atoms with van der Waals surface area (Å²) in [6.07, 6.45) is 0. The maximum atomic E-state index is 0. The molecule has 0 N–H and O–H groups in total. The van der Waals surface area contributed by atoms with E-state index in [0.29, 0.717) is 0 Å². The van der Waals surface area contributed by atoms with E-state index in [1.165, 1.54) is 0 Å². The molecule has 0 bridgehead atoms. The first-order valence-corrected chi connectivity index (χ1v) is 0. The van der Waals surface area contributed by atoms with Gasteiger partial charge in [0.15, 0.2) is 0 Å². The van der Waals surface area contributed by atoms with Crippen molar-refractivity contribution in [2.45, 2.75) is 0 Å². The second kappa shape index (κ2) is 16.2. The van der Waals surface area contributed by atoms with E-state index in [9.17, 15) is 0 Å². The molecular formula is H3GdLiMgZn. The van der Waals surface area contributed by atoms with E-state index in [2.05, 4.69) is 0 Å². The summed E-state index contributed by atoms with van der Waals surface area (Å²) in [5.41, 5.74) is 0. The van der Waals surface area contributed by atoms with Crippen molar-refractivity contribution in [1.82, 2.24) is 0 Å². The summed E-state index contributed by atoms with van der Waals surface area (Å²) < 4.78 is 0. The predicted octanol–water partition coefficient (Wildman–Crippen LogP) is -3.04. The van der Waals surface area contributed by atoms with Crippen molar-refractivity contribution >= 4 is 23.1 Å². The molecule has 0 nitrogen and oxygen atoms in total. The zero-order valence-electron chi connectivity index (χ0n) is 5.77. The summed E-state index contributed by atoms with van der Waals surface area (Å²) >= 11 is 0. The van der Waals surface area contributed by atoms with Crippen LogP contribution in [0.15, 0.2) is 0 Å². The molecule has 0 aliphatic rings. The molecule has 0 heterocycles. The molecule has 0 aromatic carbocycles. The Labute approximate surface area is 103 Å². The van der Waals surface area contributed by atoms with Gasteiger partial charge in [-0.3, -0.25) is 0 Å². The summed E-state index contributed by atoms with van der Waals surface area (Å²) in [6, 6.07) is 0. The van der Waals surface area contributed by atoms with Crippen molar-refractivity contribution in [1.29, 1.82) is 0 Å². The third-order valence-corrected chi connectivity index (χ3v) is 0. The Morgan fingerprint density at radius 2 is 1.25 bits per heavy atom. The van der Waals surface area contributed by atoms with Gasteiger partial charge in [-0.05, 0) is 0 Å². The second-order valence-electron chi connectivity index (χ2n) is 0. The van der Waals surface area contributed by atoms with Gasteiger partial charge in [0.05, 0.1) is 0 Å². The number of rotatable bonds is 0. The van der Waals surface area contributed by atoms with Gasteiger partial charge in [0.2, 0.25) is 0 Å². The van der Waals surface area contributed by atoms with Crippen LogP contribution in [0, 0.1) is 39.9 Å². The number of hydrogen-bond acceptors (Lipinski definition) is 0. The molecule has 0 aliphatic heterocycles. The van der Waals surface area contributed by atoms with Crippen molar-refractivity contribution in [3.8, 4) is 0 Å². The van der Waals surface area contributed by atoms with E-state index >= 15 is 0 Å². The van der Waals surface area contributed by atoms with Crippen molar-refractivity contribution in [2.75, 3.05) is 0 Å². The Balaban J connectivity index is 0. The molecule has 0 saturated carbocycles. The van der Waals surface area contributed by atoms with Crippen LogP contribution in [0.4, 0.5) is 0 Å². The minimum atomic E-state index is 0. The summed E-state index contributed by atoms with van der Waals surface area (Å²) in [4.78, 5) is 0. The van der Waals surface area contributed by atoms with Crippen molar-refractivity contribution in [3.63, 3.8) is 0 Å². The van der Waals surface area contributed by atoms with Gasteiger partial charge in [-0.1, -0.05) is 0 Å². The molecule has 0 saturated heterocycles. The summed E-state index contributed by atoms with van der Waals surface area (Å²) in [5.74, 6) is 0. The van der Waals surface area contributed by atoms with E-state index in [1.807, 2.05) is 0 Å². The number of hydrogen-bond donors (Lipinski definition) is 0. The maximum Gasteiger partial charge on any atom is 2.00 e. The molecular weight excluding hydrogens is 254 g/mol. The zero-order valence-corrected chi connectivity index (χ0v) is 9.42. The topological polar surface area (TPSA) is 0 Å². The van der Waals surface area contributed by atoms with Gasteiger partial charge in [-0.15, -0.1) is 0 Å². The summed E-state index contributed by atoms with van der Waals surface area (Å²) in [5, 5.41) is 0. The van der Waals surface area contributed by atoms with Crippen LogP contribution in [-0.4, -0.2) is 23.1 Å². The van der Waals surface area contributed by atoms with Gasteiger partial charge in [-0.25, -0.2) is 0 Å². The molecule has 0 atom stereocenters. The Hall–Kier alpha value is 3.31. The summed E-state index contributed by atoms with van der Waals surface area (Å²) in [6.45, 7) is 0. The van der Waals surface area contributed by atoms with Gasteiger partial charge in [-0.2, -0.15) is 0 Å². The molecule has 0 spiro atoms. The summed E-state index contributed by atoms with van der Waals surface area (Å²) in [7, 11) is 0. The van der Waals surface area contributed by atoms with Crippen LogP contribution in [0.5, 0.6) is 0 Å². The van der Waals surface area contributed by atoms with E-state index in [4.69, 9.17) is 0 Å².